The second-order valence-corrected chi connectivity index (χ2v) is 5.61. The minimum Gasteiger partial charge on any atom is -0.409 e. The average molecular weight is 306 g/mol. The summed E-state index contributed by atoms with van der Waals surface area (Å²) in [5.74, 6) is 0.268. The van der Waals surface area contributed by atoms with Crippen molar-refractivity contribution in [3.05, 3.63) is 20.8 Å². The summed E-state index contributed by atoms with van der Waals surface area (Å²) in [7, 11) is 2.03. The highest BCUT2D eigenvalue weighted by Crippen LogP contribution is 2.24. The number of nitrogens with zero attached hydrogens (tertiary/aromatic N) is 2. The highest BCUT2D eigenvalue weighted by Gasteiger charge is 2.13. The van der Waals surface area contributed by atoms with Gasteiger partial charge in [-0.1, -0.05) is 5.16 Å². The topological polar surface area (TPSA) is 61.9 Å². The molecule has 0 aliphatic rings. The first kappa shape index (κ1) is 13.5. The molecule has 90 valence electrons. The SMILES string of the molecule is CC(CC(N)=NO)N(C)Cc1sccc1Br. The number of amidine groups is 1. The van der Waals surface area contributed by atoms with Crippen LogP contribution in [0.3, 0.4) is 0 Å². The highest BCUT2D eigenvalue weighted by molar-refractivity contribution is 9.10. The maximum absolute atomic E-state index is 8.51. The monoisotopic (exact) mass is 305 g/mol. The summed E-state index contributed by atoms with van der Waals surface area (Å²) in [5.41, 5.74) is 5.48. The zero-order chi connectivity index (χ0) is 12.1. The van der Waals surface area contributed by atoms with Crippen LogP contribution in [0.15, 0.2) is 21.1 Å². The number of thiophene rings is 1. The summed E-state index contributed by atoms with van der Waals surface area (Å²) in [5, 5.41) is 13.5. The summed E-state index contributed by atoms with van der Waals surface area (Å²) in [6.07, 6.45) is 0.565. The first-order chi connectivity index (χ1) is 7.54. The Morgan fingerprint density at radius 3 is 2.94 bits per heavy atom. The maximum atomic E-state index is 8.51. The molecule has 0 spiro atoms. The van der Waals surface area contributed by atoms with Crippen molar-refractivity contribution >= 4 is 33.1 Å². The van der Waals surface area contributed by atoms with Crippen LogP contribution in [0.5, 0.6) is 0 Å². The van der Waals surface area contributed by atoms with Crippen LogP contribution in [0.4, 0.5) is 0 Å². The zero-order valence-electron chi connectivity index (χ0n) is 9.35. The molecule has 0 radical (unpaired) electrons. The lowest BCUT2D eigenvalue weighted by Crippen LogP contribution is -2.32. The molecule has 0 fully saturated rings. The van der Waals surface area contributed by atoms with Gasteiger partial charge >= 0.3 is 0 Å². The first-order valence-electron chi connectivity index (χ1n) is 4.93. The highest BCUT2D eigenvalue weighted by atomic mass is 79.9. The van der Waals surface area contributed by atoms with Gasteiger partial charge < -0.3 is 10.9 Å². The van der Waals surface area contributed by atoms with E-state index in [0.29, 0.717) is 6.42 Å². The molecule has 1 aromatic rings. The van der Waals surface area contributed by atoms with Crippen molar-refractivity contribution in [2.75, 3.05) is 7.05 Å². The van der Waals surface area contributed by atoms with Crippen LogP contribution in [-0.2, 0) is 6.54 Å². The van der Waals surface area contributed by atoms with Gasteiger partial charge in [0.1, 0.15) is 5.84 Å². The molecule has 1 heterocycles. The molecular formula is C10H16BrN3OS. The Balaban J connectivity index is 2.52. The predicted octanol–water partition coefficient (Wildman–Crippen LogP) is 2.47. The van der Waals surface area contributed by atoms with Crippen molar-refractivity contribution in [3.8, 4) is 0 Å². The van der Waals surface area contributed by atoms with Crippen LogP contribution in [0, 0.1) is 0 Å². The number of rotatable bonds is 5. The summed E-state index contributed by atoms with van der Waals surface area (Å²) >= 11 is 5.22. The smallest absolute Gasteiger partial charge is 0.140 e. The Bertz CT molecular complexity index is 367. The quantitative estimate of drug-likeness (QED) is 0.380. The van der Waals surface area contributed by atoms with Gasteiger partial charge in [-0.3, -0.25) is 4.90 Å². The molecule has 0 saturated heterocycles. The van der Waals surface area contributed by atoms with Crippen molar-refractivity contribution in [1.29, 1.82) is 0 Å². The second kappa shape index (κ2) is 6.22. The molecule has 6 heteroatoms. The molecule has 0 amide bonds. The second-order valence-electron chi connectivity index (χ2n) is 3.75. The molecule has 0 aliphatic carbocycles. The van der Waals surface area contributed by atoms with Crippen LogP contribution >= 0.6 is 27.3 Å². The summed E-state index contributed by atoms with van der Waals surface area (Å²) in [6.45, 7) is 2.91. The van der Waals surface area contributed by atoms with Gasteiger partial charge in [-0.2, -0.15) is 0 Å². The third kappa shape index (κ3) is 3.77. The van der Waals surface area contributed by atoms with Crippen molar-refractivity contribution in [3.63, 3.8) is 0 Å². The Morgan fingerprint density at radius 1 is 1.75 bits per heavy atom. The summed E-state index contributed by atoms with van der Waals surface area (Å²) < 4.78 is 1.14. The van der Waals surface area contributed by atoms with Gasteiger partial charge in [-0.25, -0.2) is 0 Å². The Labute approximate surface area is 108 Å². The van der Waals surface area contributed by atoms with Crippen molar-refractivity contribution < 1.29 is 5.21 Å². The molecule has 0 aliphatic heterocycles. The van der Waals surface area contributed by atoms with Gasteiger partial charge in [0.25, 0.3) is 0 Å². The van der Waals surface area contributed by atoms with E-state index >= 15 is 0 Å². The van der Waals surface area contributed by atoms with Gasteiger partial charge in [0.05, 0.1) is 0 Å². The molecule has 4 nitrogen and oxygen atoms in total. The lowest BCUT2D eigenvalue weighted by Gasteiger charge is -2.23. The normalized spacial score (nSPS) is 14.4. The number of hydrogen-bond acceptors (Lipinski definition) is 4. The molecule has 0 aromatic carbocycles. The van der Waals surface area contributed by atoms with E-state index in [9.17, 15) is 0 Å². The molecule has 1 aromatic heterocycles. The van der Waals surface area contributed by atoms with Crippen LogP contribution in [-0.4, -0.2) is 29.0 Å². The molecule has 1 rings (SSSR count). The predicted molar refractivity (Wildman–Crippen MR) is 71.0 cm³/mol. The fourth-order valence-electron chi connectivity index (χ4n) is 1.32. The van der Waals surface area contributed by atoms with E-state index in [4.69, 9.17) is 10.9 Å². The molecule has 16 heavy (non-hydrogen) atoms. The third-order valence-corrected chi connectivity index (χ3v) is 4.38. The number of nitrogens with two attached hydrogens (primary N) is 1. The first-order valence-corrected chi connectivity index (χ1v) is 6.60. The van der Waals surface area contributed by atoms with E-state index in [0.717, 1.165) is 11.0 Å². The van der Waals surface area contributed by atoms with Crippen LogP contribution in [0.2, 0.25) is 0 Å². The van der Waals surface area contributed by atoms with Gasteiger partial charge in [-0.15, -0.1) is 11.3 Å². The van der Waals surface area contributed by atoms with E-state index in [2.05, 4.69) is 38.3 Å². The Kier molecular flexibility index (Phi) is 5.24. The van der Waals surface area contributed by atoms with E-state index in [-0.39, 0.29) is 11.9 Å². The lowest BCUT2D eigenvalue weighted by molar-refractivity contribution is 0.252. The number of hydrogen-bond donors (Lipinski definition) is 2. The Hall–Kier alpha value is -0.590. The van der Waals surface area contributed by atoms with Crippen molar-refractivity contribution in [1.82, 2.24) is 4.90 Å². The average Bonchev–Trinajstić information content (AvgIpc) is 2.64. The summed E-state index contributed by atoms with van der Waals surface area (Å²) in [4.78, 5) is 3.46. The third-order valence-electron chi connectivity index (χ3n) is 2.47. The lowest BCUT2D eigenvalue weighted by atomic mass is 10.2. The van der Waals surface area contributed by atoms with Gasteiger partial charge in [0.15, 0.2) is 0 Å². The molecule has 1 unspecified atom stereocenters. The molecule has 0 bridgehead atoms. The standard InChI is InChI=1S/C10H16BrN3OS/c1-7(5-10(12)13-15)14(2)6-9-8(11)3-4-16-9/h3-4,7,15H,5-6H2,1-2H3,(H2,12,13). The van der Waals surface area contributed by atoms with E-state index < -0.39 is 0 Å². The van der Waals surface area contributed by atoms with E-state index in [1.807, 2.05) is 13.1 Å². The van der Waals surface area contributed by atoms with Gasteiger partial charge in [0.2, 0.25) is 0 Å². The fourth-order valence-corrected chi connectivity index (χ4v) is 2.86. The van der Waals surface area contributed by atoms with Crippen LogP contribution in [0.25, 0.3) is 0 Å². The zero-order valence-corrected chi connectivity index (χ0v) is 11.8. The minimum absolute atomic E-state index is 0.241. The molecular weight excluding hydrogens is 290 g/mol. The number of halogens is 1. The molecule has 1 atom stereocenters. The van der Waals surface area contributed by atoms with Gasteiger partial charge in [-0.05, 0) is 41.3 Å². The van der Waals surface area contributed by atoms with E-state index in [1.165, 1.54) is 4.88 Å². The summed E-state index contributed by atoms with van der Waals surface area (Å²) in [6, 6.07) is 2.28. The van der Waals surface area contributed by atoms with Crippen molar-refractivity contribution in [2.45, 2.75) is 25.9 Å². The number of oxime groups is 1. The van der Waals surface area contributed by atoms with E-state index in [1.54, 1.807) is 11.3 Å². The minimum atomic E-state index is 0.241. The van der Waals surface area contributed by atoms with Crippen molar-refractivity contribution in [2.24, 2.45) is 10.9 Å². The molecule has 0 saturated carbocycles. The largest absolute Gasteiger partial charge is 0.409 e. The maximum Gasteiger partial charge on any atom is 0.140 e. The van der Waals surface area contributed by atoms with Crippen LogP contribution < -0.4 is 5.73 Å². The van der Waals surface area contributed by atoms with Crippen LogP contribution in [0.1, 0.15) is 18.2 Å². The Morgan fingerprint density at radius 2 is 2.44 bits per heavy atom. The fraction of sp³-hybridized carbons (Fsp3) is 0.500. The van der Waals surface area contributed by atoms with Gasteiger partial charge in [0, 0.05) is 28.4 Å². The molecule has 3 N–H and O–H groups in total.